The van der Waals surface area contributed by atoms with Crippen LogP contribution in [0.25, 0.3) is 0 Å². The van der Waals surface area contributed by atoms with E-state index in [-0.39, 0.29) is 25.5 Å². The first-order valence-corrected chi connectivity index (χ1v) is 12.7. The molecule has 0 aromatic heterocycles. The van der Waals surface area contributed by atoms with Crippen LogP contribution in [0.2, 0.25) is 0 Å². The van der Waals surface area contributed by atoms with Gasteiger partial charge in [0, 0.05) is 43.3 Å². The lowest BCUT2D eigenvalue weighted by molar-refractivity contribution is -0.142. The maximum Gasteiger partial charge on any atom is 0.261 e. The van der Waals surface area contributed by atoms with E-state index in [0.717, 1.165) is 18.4 Å². The Hall–Kier alpha value is -4.07. The molecule has 0 radical (unpaired) electrons. The van der Waals surface area contributed by atoms with E-state index in [0.29, 0.717) is 29.4 Å². The number of carbonyl (C=O) groups excluding carboxylic acids is 2. The van der Waals surface area contributed by atoms with Crippen molar-refractivity contribution in [3.63, 3.8) is 0 Å². The summed E-state index contributed by atoms with van der Waals surface area (Å²) in [5.41, 5.74) is 1.19. The lowest BCUT2D eigenvalue weighted by Crippen LogP contribution is -2.52. The highest BCUT2D eigenvalue weighted by molar-refractivity contribution is 5.88. The van der Waals surface area contributed by atoms with Crippen LogP contribution in [0.3, 0.4) is 0 Å². The van der Waals surface area contributed by atoms with E-state index in [9.17, 15) is 14.0 Å². The van der Waals surface area contributed by atoms with Gasteiger partial charge in [-0.25, -0.2) is 4.39 Å². The fourth-order valence-corrected chi connectivity index (χ4v) is 3.96. The van der Waals surface area contributed by atoms with Crippen LogP contribution in [0.1, 0.15) is 30.9 Å². The number of hydrogen-bond donors (Lipinski definition) is 1. The van der Waals surface area contributed by atoms with Crippen LogP contribution in [0.4, 0.5) is 4.39 Å². The molecule has 0 aliphatic heterocycles. The molecule has 202 valence electrons. The Morgan fingerprint density at radius 3 is 2.18 bits per heavy atom. The van der Waals surface area contributed by atoms with Gasteiger partial charge in [-0.2, -0.15) is 0 Å². The van der Waals surface area contributed by atoms with Gasteiger partial charge in [0.25, 0.3) is 5.91 Å². The maximum absolute atomic E-state index is 14.7. The van der Waals surface area contributed by atoms with Gasteiger partial charge >= 0.3 is 0 Å². The molecule has 1 N–H and O–H groups in total. The van der Waals surface area contributed by atoms with Crippen molar-refractivity contribution in [2.24, 2.45) is 0 Å². The Morgan fingerprint density at radius 1 is 0.921 bits per heavy atom. The summed E-state index contributed by atoms with van der Waals surface area (Å²) in [5.74, 6) is 0.178. The minimum Gasteiger partial charge on any atom is -0.496 e. The molecular weight excluding hydrogens is 487 g/mol. The second-order valence-electron chi connectivity index (χ2n) is 8.80. The fraction of sp³-hybridized carbons (Fsp3) is 0.333. The highest BCUT2D eigenvalue weighted by Gasteiger charge is 2.31. The molecule has 0 saturated heterocycles. The molecule has 0 heterocycles. The van der Waals surface area contributed by atoms with E-state index in [4.69, 9.17) is 14.2 Å². The minimum atomic E-state index is -0.871. The first kappa shape index (κ1) is 28.5. The largest absolute Gasteiger partial charge is 0.496 e. The fourth-order valence-electron chi connectivity index (χ4n) is 3.96. The van der Waals surface area contributed by atoms with Crippen molar-refractivity contribution in [3.05, 3.63) is 89.7 Å². The average Bonchev–Trinajstić information content (AvgIpc) is 2.94. The Kier molecular flexibility index (Phi) is 11.0. The van der Waals surface area contributed by atoms with Gasteiger partial charge in [0.2, 0.25) is 5.91 Å². The molecule has 3 rings (SSSR count). The van der Waals surface area contributed by atoms with Gasteiger partial charge in [0.15, 0.2) is 6.61 Å². The zero-order valence-corrected chi connectivity index (χ0v) is 22.1. The maximum atomic E-state index is 14.7. The van der Waals surface area contributed by atoms with Crippen LogP contribution < -0.4 is 19.5 Å². The first-order valence-electron chi connectivity index (χ1n) is 12.7. The van der Waals surface area contributed by atoms with E-state index in [1.807, 2.05) is 37.3 Å². The third-order valence-corrected chi connectivity index (χ3v) is 6.09. The van der Waals surface area contributed by atoms with Crippen molar-refractivity contribution in [1.82, 2.24) is 10.2 Å². The van der Waals surface area contributed by atoms with Crippen LogP contribution in [0.15, 0.2) is 72.8 Å². The number of benzene rings is 3. The molecule has 3 aromatic rings. The predicted molar refractivity (Wildman–Crippen MR) is 144 cm³/mol. The van der Waals surface area contributed by atoms with Gasteiger partial charge < -0.3 is 24.4 Å². The lowest BCUT2D eigenvalue weighted by atomic mass is 10.0. The number of nitrogens with one attached hydrogen (secondary N) is 1. The number of unbranched alkanes of at least 4 members (excludes halogenated alkanes) is 1. The number of methoxy groups -OCH3 is 2. The molecule has 0 aliphatic carbocycles. The SMILES string of the molecule is CCCCNC(=O)[C@H](Cc1ccccc1)N(Cc1ccccc1F)C(=O)COc1cc(OC)cc(OC)c1. The van der Waals surface area contributed by atoms with Gasteiger partial charge in [-0.1, -0.05) is 61.9 Å². The van der Waals surface area contributed by atoms with E-state index in [2.05, 4.69) is 5.32 Å². The highest BCUT2D eigenvalue weighted by atomic mass is 19.1. The van der Waals surface area contributed by atoms with E-state index in [1.54, 1.807) is 36.4 Å². The number of nitrogens with zero attached hydrogens (tertiary/aromatic N) is 1. The molecule has 7 nitrogen and oxygen atoms in total. The Morgan fingerprint density at radius 2 is 1.55 bits per heavy atom. The molecule has 38 heavy (non-hydrogen) atoms. The summed E-state index contributed by atoms with van der Waals surface area (Å²) >= 11 is 0. The average molecular weight is 523 g/mol. The third kappa shape index (κ3) is 8.23. The Bertz CT molecular complexity index is 1170. The second kappa shape index (κ2) is 14.6. The van der Waals surface area contributed by atoms with E-state index < -0.39 is 17.8 Å². The molecule has 0 bridgehead atoms. The summed E-state index contributed by atoms with van der Waals surface area (Å²) in [6.07, 6.45) is 2.00. The number of ether oxygens (including phenoxy) is 3. The molecule has 0 fully saturated rings. The summed E-state index contributed by atoms with van der Waals surface area (Å²) in [4.78, 5) is 28.4. The van der Waals surface area contributed by atoms with Crippen molar-refractivity contribution in [2.75, 3.05) is 27.4 Å². The molecule has 0 aliphatic rings. The van der Waals surface area contributed by atoms with Crippen LogP contribution >= 0.6 is 0 Å². The number of carbonyl (C=O) groups is 2. The molecule has 0 unspecified atom stereocenters. The smallest absolute Gasteiger partial charge is 0.261 e. The zero-order chi connectivity index (χ0) is 27.3. The molecule has 8 heteroatoms. The van der Waals surface area contributed by atoms with Gasteiger partial charge in [-0.3, -0.25) is 9.59 Å². The first-order chi connectivity index (χ1) is 18.4. The highest BCUT2D eigenvalue weighted by Crippen LogP contribution is 2.27. The summed E-state index contributed by atoms with van der Waals surface area (Å²) in [5, 5.41) is 2.94. The topological polar surface area (TPSA) is 77.1 Å². The second-order valence-corrected chi connectivity index (χ2v) is 8.80. The summed E-state index contributed by atoms with van der Waals surface area (Å²) in [6, 6.07) is 19.8. The van der Waals surface area contributed by atoms with E-state index >= 15 is 0 Å². The van der Waals surface area contributed by atoms with Gasteiger partial charge in [-0.05, 0) is 18.1 Å². The molecule has 0 spiro atoms. The van der Waals surface area contributed by atoms with Crippen molar-refractivity contribution in [3.8, 4) is 17.2 Å². The van der Waals surface area contributed by atoms with Crippen molar-refractivity contribution < 1.29 is 28.2 Å². The normalized spacial score (nSPS) is 11.4. The van der Waals surface area contributed by atoms with Crippen LogP contribution in [-0.4, -0.2) is 50.1 Å². The number of halogens is 1. The third-order valence-electron chi connectivity index (χ3n) is 6.09. The monoisotopic (exact) mass is 522 g/mol. The quantitative estimate of drug-likeness (QED) is 0.309. The van der Waals surface area contributed by atoms with Gasteiger partial charge in [-0.15, -0.1) is 0 Å². The number of rotatable bonds is 14. The zero-order valence-electron chi connectivity index (χ0n) is 22.1. The Labute approximate surface area is 223 Å². The van der Waals surface area contributed by atoms with E-state index in [1.165, 1.54) is 25.2 Å². The van der Waals surface area contributed by atoms with Gasteiger partial charge in [0.1, 0.15) is 29.1 Å². The molecule has 3 aromatic carbocycles. The molecule has 2 amide bonds. The predicted octanol–water partition coefficient (Wildman–Crippen LogP) is 4.78. The van der Waals surface area contributed by atoms with Crippen molar-refractivity contribution >= 4 is 11.8 Å². The van der Waals surface area contributed by atoms with Crippen LogP contribution in [0, 0.1) is 5.82 Å². The van der Waals surface area contributed by atoms with Crippen LogP contribution in [-0.2, 0) is 22.6 Å². The van der Waals surface area contributed by atoms with Gasteiger partial charge in [0.05, 0.1) is 14.2 Å². The van der Waals surface area contributed by atoms with Crippen LogP contribution in [0.5, 0.6) is 17.2 Å². The standard InChI is InChI=1S/C30H35FN2O5/c1-4-5-15-32-30(35)28(16-22-11-7-6-8-12-22)33(20-23-13-9-10-14-27(23)31)29(34)21-38-26-18-24(36-2)17-25(19-26)37-3/h6-14,17-19,28H,4-5,15-16,20-21H2,1-3H3,(H,32,35)/t28-/m0/s1. The summed E-state index contributed by atoms with van der Waals surface area (Å²) < 4.78 is 31.0. The molecule has 1 atom stereocenters. The number of hydrogen-bond acceptors (Lipinski definition) is 5. The molecular formula is C30H35FN2O5. The lowest BCUT2D eigenvalue weighted by Gasteiger charge is -2.31. The Balaban J connectivity index is 1.91. The summed E-state index contributed by atoms with van der Waals surface area (Å²) in [6.45, 7) is 2.07. The number of amides is 2. The van der Waals surface area contributed by atoms with Crippen molar-refractivity contribution in [2.45, 2.75) is 38.8 Å². The van der Waals surface area contributed by atoms with Crippen molar-refractivity contribution in [1.29, 1.82) is 0 Å². The summed E-state index contributed by atoms with van der Waals surface area (Å²) in [7, 11) is 3.04. The minimum absolute atomic E-state index is 0.0883. The molecule has 0 saturated carbocycles.